The fourth-order valence-corrected chi connectivity index (χ4v) is 5.93. The second kappa shape index (κ2) is 11.4. The second-order valence-electron chi connectivity index (χ2n) is 8.90. The third-order valence-corrected chi connectivity index (χ3v) is 8.31. The average molecular weight is 529 g/mol. The van der Waals surface area contributed by atoms with Gasteiger partial charge in [-0.3, -0.25) is 9.59 Å². The average Bonchev–Trinajstić information content (AvgIpc) is 3.53. The summed E-state index contributed by atoms with van der Waals surface area (Å²) in [5, 5.41) is 9.67. The minimum Gasteiger partial charge on any atom is -0.326 e. The number of hydrazone groups is 1. The van der Waals surface area contributed by atoms with Crippen LogP contribution in [0.2, 0.25) is 0 Å². The van der Waals surface area contributed by atoms with Crippen molar-refractivity contribution in [2.24, 2.45) is 10.1 Å². The van der Waals surface area contributed by atoms with E-state index in [1.54, 1.807) is 11.8 Å². The van der Waals surface area contributed by atoms with Gasteiger partial charge in [-0.1, -0.05) is 79.3 Å². The largest absolute Gasteiger partial charge is 0.326 e. The topological polar surface area (TPSA) is 74.1 Å². The Balaban J connectivity index is 1.33. The standard InChI is InChI=1S/C29H28N4O2S2/c1-3-19-12-14-21(15-13-19)25-17-24(20-8-5-4-6-9-20)32-33(25)29-31-28(35)26(37-29)18-27(34)30-22-10-7-11-23(16-22)36-2/h4-16,25-26H,3,17-18H2,1-2H3,(H,30,34)/t25-,26-/m0/s1. The van der Waals surface area contributed by atoms with Crippen LogP contribution < -0.4 is 5.32 Å². The molecule has 0 bridgehead atoms. The number of anilines is 1. The molecule has 2 aliphatic heterocycles. The molecule has 0 saturated carbocycles. The van der Waals surface area contributed by atoms with Gasteiger partial charge in [0.15, 0.2) is 5.17 Å². The molecule has 0 aromatic heterocycles. The summed E-state index contributed by atoms with van der Waals surface area (Å²) >= 11 is 2.93. The van der Waals surface area contributed by atoms with Crippen molar-refractivity contribution in [3.8, 4) is 0 Å². The summed E-state index contributed by atoms with van der Waals surface area (Å²) in [7, 11) is 0. The summed E-state index contributed by atoms with van der Waals surface area (Å²) in [5.41, 5.74) is 5.13. The van der Waals surface area contributed by atoms with Gasteiger partial charge in [-0.2, -0.15) is 10.1 Å². The highest BCUT2D eigenvalue weighted by atomic mass is 32.2. The molecule has 1 N–H and O–H groups in total. The highest BCUT2D eigenvalue weighted by Gasteiger charge is 2.39. The van der Waals surface area contributed by atoms with E-state index in [4.69, 9.17) is 5.10 Å². The van der Waals surface area contributed by atoms with E-state index in [0.29, 0.717) is 11.6 Å². The minimum absolute atomic E-state index is 0.0545. The fourth-order valence-electron chi connectivity index (χ4n) is 4.41. The normalized spacial score (nSPS) is 19.1. The van der Waals surface area contributed by atoms with Crippen LogP contribution in [-0.4, -0.2) is 39.2 Å². The zero-order chi connectivity index (χ0) is 25.8. The van der Waals surface area contributed by atoms with Gasteiger partial charge >= 0.3 is 0 Å². The van der Waals surface area contributed by atoms with Crippen LogP contribution in [0.5, 0.6) is 0 Å². The van der Waals surface area contributed by atoms with Crippen molar-refractivity contribution in [3.63, 3.8) is 0 Å². The number of aliphatic imine (C=N–C) groups is 1. The molecular weight excluding hydrogens is 500 g/mol. The summed E-state index contributed by atoms with van der Waals surface area (Å²) < 4.78 is 0. The first-order valence-electron chi connectivity index (χ1n) is 12.3. The van der Waals surface area contributed by atoms with Gasteiger partial charge in [0.05, 0.1) is 11.8 Å². The van der Waals surface area contributed by atoms with Crippen molar-refractivity contribution in [1.82, 2.24) is 5.01 Å². The molecule has 6 nitrogen and oxygen atoms in total. The summed E-state index contributed by atoms with van der Waals surface area (Å²) in [6.45, 7) is 2.14. The smallest absolute Gasteiger partial charge is 0.262 e. The molecule has 37 heavy (non-hydrogen) atoms. The number of hydrogen-bond donors (Lipinski definition) is 1. The molecule has 3 aromatic rings. The molecule has 0 aliphatic carbocycles. The molecule has 3 aromatic carbocycles. The lowest BCUT2D eigenvalue weighted by atomic mass is 9.97. The number of nitrogens with one attached hydrogen (secondary N) is 1. The van der Waals surface area contributed by atoms with Crippen LogP contribution in [0.3, 0.4) is 0 Å². The Morgan fingerprint density at radius 2 is 1.86 bits per heavy atom. The van der Waals surface area contributed by atoms with E-state index in [1.807, 2.05) is 65.9 Å². The zero-order valence-corrected chi connectivity index (χ0v) is 22.4. The number of rotatable bonds is 7. The van der Waals surface area contributed by atoms with Crippen LogP contribution in [0.25, 0.3) is 0 Å². The lowest BCUT2D eigenvalue weighted by Crippen LogP contribution is -2.25. The Morgan fingerprint density at radius 3 is 2.59 bits per heavy atom. The number of hydrogen-bond acceptors (Lipinski definition) is 6. The Bertz CT molecular complexity index is 1360. The quantitative estimate of drug-likeness (QED) is 0.373. The van der Waals surface area contributed by atoms with Gasteiger partial charge in [-0.15, -0.1) is 11.8 Å². The molecule has 188 valence electrons. The first-order valence-corrected chi connectivity index (χ1v) is 14.4. The monoisotopic (exact) mass is 528 g/mol. The Labute approximate surface area is 225 Å². The van der Waals surface area contributed by atoms with Crippen LogP contribution in [0.1, 0.15) is 42.5 Å². The van der Waals surface area contributed by atoms with Crippen molar-refractivity contribution in [1.29, 1.82) is 0 Å². The molecular formula is C29H28N4O2S2. The molecule has 0 fully saturated rings. The van der Waals surface area contributed by atoms with E-state index in [2.05, 4.69) is 41.5 Å². The Hall–Kier alpha value is -3.36. The number of amidine groups is 1. The second-order valence-corrected chi connectivity index (χ2v) is 10.9. The van der Waals surface area contributed by atoms with Gasteiger partial charge in [0, 0.05) is 23.4 Å². The van der Waals surface area contributed by atoms with E-state index in [9.17, 15) is 9.59 Å². The SMILES string of the molecule is CCc1ccc([C@@H]2CC(c3ccccc3)=NN2C2=NC(=O)[C@H](CC(=O)Nc3cccc(SC)c3)S2)cc1. The van der Waals surface area contributed by atoms with Gasteiger partial charge in [0.2, 0.25) is 5.91 Å². The van der Waals surface area contributed by atoms with Crippen LogP contribution in [0, 0.1) is 0 Å². The van der Waals surface area contributed by atoms with Crippen LogP contribution >= 0.6 is 23.5 Å². The van der Waals surface area contributed by atoms with Crippen molar-refractivity contribution in [3.05, 3.63) is 95.6 Å². The Kier molecular flexibility index (Phi) is 7.76. The molecule has 2 heterocycles. The maximum atomic E-state index is 12.8. The van der Waals surface area contributed by atoms with Gasteiger partial charge in [0.1, 0.15) is 5.25 Å². The van der Waals surface area contributed by atoms with Crippen molar-refractivity contribution in [2.45, 2.75) is 42.4 Å². The van der Waals surface area contributed by atoms with Gasteiger partial charge in [-0.25, -0.2) is 5.01 Å². The first kappa shape index (κ1) is 25.3. The summed E-state index contributed by atoms with van der Waals surface area (Å²) in [6, 6.07) is 26.2. The van der Waals surface area contributed by atoms with Crippen LogP contribution in [-0.2, 0) is 16.0 Å². The number of benzene rings is 3. The fraction of sp³-hybridized carbons (Fsp3) is 0.241. The maximum Gasteiger partial charge on any atom is 0.262 e. The van der Waals surface area contributed by atoms with E-state index < -0.39 is 5.25 Å². The highest BCUT2D eigenvalue weighted by molar-refractivity contribution is 8.15. The van der Waals surface area contributed by atoms with Crippen molar-refractivity contribution >= 4 is 51.9 Å². The number of aryl methyl sites for hydroxylation is 1. The predicted molar refractivity (Wildman–Crippen MR) is 153 cm³/mol. The number of thioether (sulfide) groups is 2. The summed E-state index contributed by atoms with van der Waals surface area (Å²) in [6.07, 6.45) is 3.73. The molecule has 2 amide bonds. The van der Waals surface area contributed by atoms with Gasteiger partial charge in [0.25, 0.3) is 5.91 Å². The van der Waals surface area contributed by atoms with Gasteiger partial charge in [-0.05, 0) is 47.6 Å². The molecule has 5 rings (SSSR count). The van der Waals surface area contributed by atoms with Crippen LogP contribution in [0.4, 0.5) is 5.69 Å². The predicted octanol–water partition coefficient (Wildman–Crippen LogP) is 6.15. The third kappa shape index (κ3) is 5.81. The van der Waals surface area contributed by atoms with E-state index in [1.165, 1.54) is 17.3 Å². The van der Waals surface area contributed by atoms with Crippen LogP contribution in [0.15, 0.2) is 93.9 Å². The molecule has 0 unspecified atom stereocenters. The number of nitrogens with zero attached hydrogens (tertiary/aromatic N) is 3. The highest BCUT2D eigenvalue weighted by Crippen LogP contribution is 2.38. The summed E-state index contributed by atoms with van der Waals surface area (Å²) in [4.78, 5) is 31.0. The van der Waals surface area contributed by atoms with E-state index in [-0.39, 0.29) is 24.3 Å². The maximum absolute atomic E-state index is 12.8. The van der Waals surface area contributed by atoms with E-state index in [0.717, 1.165) is 33.8 Å². The molecule has 2 aliphatic rings. The minimum atomic E-state index is -0.571. The third-order valence-electron chi connectivity index (χ3n) is 6.44. The van der Waals surface area contributed by atoms with Gasteiger partial charge < -0.3 is 5.32 Å². The Morgan fingerprint density at radius 1 is 1.08 bits per heavy atom. The lowest BCUT2D eigenvalue weighted by molar-refractivity contribution is -0.121. The van der Waals surface area contributed by atoms with E-state index >= 15 is 0 Å². The molecule has 8 heteroatoms. The molecule has 2 atom stereocenters. The lowest BCUT2D eigenvalue weighted by Gasteiger charge is -2.23. The molecule has 0 saturated heterocycles. The first-order chi connectivity index (χ1) is 18.0. The number of carbonyl (C=O) groups is 2. The number of amides is 2. The molecule has 0 radical (unpaired) electrons. The van der Waals surface area contributed by atoms with Crippen molar-refractivity contribution < 1.29 is 9.59 Å². The van der Waals surface area contributed by atoms with Crippen molar-refractivity contribution in [2.75, 3.05) is 11.6 Å². The zero-order valence-electron chi connectivity index (χ0n) is 20.8. The summed E-state index contributed by atoms with van der Waals surface area (Å²) in [5.74, 6) is -0.501. The number of carbonyl (C=O) groups excluding carboxylic acids is 2. The molecule has 0 spiro atoms.